The summed E-state index contributed by atoms with van der Waals surface area (Å²) in [6.07, 6.45) is 2.09. The van der Waals surface area contributed by atoms with Crippen molar-refractivity contribution in [3.8, 4) is 5.75 Å². The number of sulfonamides is 1. The van der Waals surface area contributed by atoms with Gasteiger partial charge in [-0.1, -0.05) is 30.7 Å². The van der Waals surface area contributed by atoms with E-state index in [1.807, 2.05) is 25.1 Å². The van der Waals surface area contributed by atoms with Crippen LogP contribution in [-0.4, -0.2) is 37.8 Å². The molecule has 3 rings (SSSR count). The van der Waals surface area contributed by atoms with E-state index in [0.29, 0.717) is 24.5 Å². The van der Waals surface area contributed by atoms with Gasteiger partial charge in [-0.3, -0.25) is 4.79 Å². The van der Waals surface area contributed by atoms with Crippen molar-refractivity contribution in [3.63, 3.8) is 0 Å². The summed E-state index contributed by atoms with van der Waals surface area (Å²) in [7, 11) is -3.56. The number of para-hydroxylation sites is 1. The van der Waals surface area contributed by atoms with Crippen LogP contribution in [0.4, 0.5) is 5.69 Å². The third-order valence-electron chi connectivity index (χ3n) is 4.85. The first-order valence-electron chi connectivity index (χ1n) is 9.51. The van der Waals surface area contributed by atoms with Crippen molar-refractivity contribution in [2.75, 3.05) is 18.4 Å². The maximum Gasteiger partial charge on any atom is 0.265 e. The largest absolute Gasteiger partial charge is 0.481 e. The molecule has 0 saturated carbocycles. The van der Waals surface area contributed by atoms with Gasteiger partial charge in [0, 0.05) is 18.8 Å². The molecule has 1 aliphatic rings. The number of piperidine rings is 1. The number of ether oxygens (including phenoxy) is 1. The van der Waals surface area contributed by atoms with Gasteiger partial charge < -0.3 is 10.1 Å². The average Bonchev–Trinajstić information content (AvgIpc) is 2.71. The van der Waals surface area contributed by atoms with Crippen molar-refractivity contribution in [2.24, 2.45) is 0 Å². The lowest BCUT2D eigenvalue weighted by atomic mass is 10.2. The van der Waals surface area contributed by atoms with E-state index >= 15 is 0 Å². The van der Waals surface area contributed by atoms with Crippen LogP contribution in [0.1, 0.15) is 31.7 Å². The Bertz CT molecular complexity index is 923. The number of hydrogen-bond donors (Lipinski definition) is 1. The maximum absolute atomic E-state index is 12.9. The van der Waals surface area contributed by atoms with Crippen LogP contribution < -0.4 is 10.1 Å². The summed E-state index contributed by atoms with van der Waals surface area (Å²) in [5.41, 5.74) is 1.27. The summed E-state index contributed by atoms with van der Waals surface area (Å²) in [6, 6.07) is 13.9. The molecule has 1 fully saturated rings. The molecule has 6 nitrogen and oxygen atoms in total. The van der Waals surface area contributed by atoms with Gasteiger partial charge in [-0.2, -0.15) is 4.31 Å². The van der Waals surface area contributed by atoms with Crippen LogP contribution in [0, 0.1) is 6.92 Å². The first-order chi connectivity index (χ1) is 13.4. The fourth-order valence-corrected chi connectivity index (χ4v) is 4.69. The van der Waals surface area contributed by atoms with Gasteiger partial charge in [0.2, 0.25) is 10.0 Å². The number of hydrogen-bond acceptors (Lipinski definition) is 4. The smallest absolute Gasteiger partial charge is 0.265 e. The Balaban J connectivity index is 1.75. The van der Waals surface area contributed by atoms with E-state index in [2.05, 4.69) is 5.32 Å². The zero-order valence-corrected chi connectivity index (χ0v) is 17.0. The minimum absolute atomic E-state index is 0.201. The Kier molecular flexibility index (Phi) is 6.36. The van der Waals surface area contributed by atoms with Crippen molar-refractivity contribution >= 4 is 21.6 Å². The number of nitrogens with zero attached hydrogens (tertiary/aromatic N) is 1. The van der Waals surface area contributed by atoms with Gasteiger partial charge in [-0.15, -0.1) is 0 Å². The molecule has 0 aliphatic carbocycles. The van der Waals surface area contributed by atoms with Crippen LogP contribution in [0.25, 0.3) is 0 Å². The summed E-state index contributed by atoms with van der Waals surface area (Å²) < 4.78 is 33.0. The summed E-state index contributed by atoms with van der Waals surface area (Å²) in [6.45, 7) is 4.57. The van der Waals surface area contributed by atoms with Crippen LogP contribution >= 0.6 is 0 Å². The number of carbonyl (C=O) groups excluding carboxylic acids is 1. The Morgan fingerprint density at radius 3 is 2.43 bits per heavy atom. The van der Waals surface area contributed by atoms with Gasteiger partial charge in [0.25, 0.3) is 5.91 Å². The molecule has 1 saturated heterocycles. The van der Waals surface area contributed by atoms with E-state index in [0.717, 1.165) is 24.8 Å². The molecule has 1 N–H and O–H groups in total. The van der Waals surface area contributed by atoms with Crippen LogP contribution in [-0.2, 0) is 14.8 Å². The lowest BCUT2D eigenvalue weighted by Gasteiger charge is -2.26. The highest BCUT2D eigenvalue weighted by atomic mass is 32.2. The van der Waals surface area contributed by atoms with Crippen molar-refractivity contribution in [1.82, 2.24) is 4.31 Å². The van der Waals surface area contributed by atoms with Crippen LogP contribution in [0.3, 0.4) is 0 Å². The third-order valence-corrected chi connectivity index (χ3v) is 6.74. The van der Waals surface area contributed by atoms with Crippen molar-refractivity contribution in [3.05, 3.63) is 54.1 Å². The molecule has 1 amide bonds. The fourth-order valence-electron chi connectivity index (χ4n) is 3.14. The summed E-state index contributed by atoms with van der Waals surface area (Å²) >= 11 is 0. The topological polar surface area (TPSA) is 75.7 Å². The fraction of sp³-hybridized carbons (Fsp3) is 0.381. The summed E-state index contributed by atoms with van der Waals surface area (Å²) in [5.74, 6) is 0.266. The van der Waals surface area contributed by atoms with Crippen LogP contribution in [0.5, 0.6) is 5.75 Å². The minimum atomic E-state index is -3.56. The van der Waals surface area contributed by atoms with Crippen molar-refractivity contribution < 1.29 is 17.9 Å². The predicted molar refractivity (Wildman–Crippen MR) is 109 cm³/mol. The number of carbonyl (C=O) groups is 1. The molecule has 2 aromatic carbocycles. The SMILES string of the molecule is Cc1ccc(S(=O)(=O)N2CCCCC2)cc1NC(=O)[C@H](C)Oc1ccccc1. The van der Waals surface area contributed by atoms with Gasteiger partial charge >= 0.3 is 0 Å². The standard InChI is InChI=1S/C21H26N2O4S/c1-16-11-12-19(28(25,26)23-13-7-4-8-14-23)15-20(16)22-21(24)17(2)27-18-9-5-3-6-10-18/h3,5-6,9-12,15,17H,4,7-8,13-14H2,1-2H3,(H,22,24)/t17-/m0/s1. The zero-order valence-electron chi connectivity index (χ0n) is 16.2. The van der Waals surface area contributed by atoms with E-state index in [9.17, 15) is 13.2 Å². The number of amides is 1. The molecule has 0 spiro atoms. The van der Waals surface area contributed by atoms with E-state index in [1.54, 1.807) is 31.2 Å². The molecular weight excluding hydrogens is 376 g/mol. The molecule has 0 unspecified atom stereocenters. The second-order valence-electron chi connectivity index (χ2n) is 7.00. The number of benzene rings is 2. The number of nitrogens with one attached hydrogen (secondary N) is 1. The van der Waals surface area contributed by atoms with Gasteiger partial charge in [0.15, 0.2) is 6.10 Å². The van der Waals surface area contributed by atoms with Gasteiger partial charge in [0.05, 0.1) is 4.90 Å². The minimum Gasteiger partial charge on any atom is -0.481 e. The zero-order chi connectivity index (χ0) is 20.1. The quantitative estimate of drug-likeness (QED) is 0.801. The van der Waals surface area contributed by atoms with E-state index in [4.69, 9.17) is 4.74 Å². The Labute approximate surface area is 166 Å². The highest BCUT2D eigenvalue weighted by Gasteiger charge is 2.26. The molecule has 1 aliphatic heterocycles. The van der Waals surface area contributed by atoms with Gasteiger partial charge in [-0.25, -0.2) is 8.42 Å². The van der Waals surface area contributed by atoms with Crippen LogP contribution in [0.15, 0.2) is 53.4 Å². The molecule has 0 radical (unpaired) electrons. The second kappa shape index (κ2) is 8.75. The van der Waals surface area contributed by atoms with E-state index < -0.39 is 16.1 Å². The molecule has 1 atom stereocenters. The Hall–Kier alpha value is -2.38. The Morgan fingerprint density at radius 1 is 1.07 bits per heavy atom. The van der Waals surface area contributed by atoms with Gasteiger partial charge in [-0.05, 0) is 56.5 Å². The maximum atomic E-state index is 12.9. The number of anilines is 1. The number of aryl methyl sites for hydroxylation is 1. The molecule has 0 aromatic heterocycles. The lowest BCUT2D eigenvalue weighted by molar-refractivity contribution is -0.122. The van der Waals surface area contributed by atoms with Crippen LogP contribution in [0.2, 0.25) is 0 Å². The van der Waals surface area contributed by atoms with E-state index in [1.165, 1.54) is 10.4 Å². The Morgan fingerprint density at radius 2 is 1.75 bits per heavy atom. The lowest BCUT2D eigenvalue weighted by Crippen LogP contribution is -2.35. The third kappa shape index (κ3) is 4.72. The van der Waals surface area contributed by atoms with Crippen molar-refractivity contribution in [2.45, 2.75) is 44.1 Å². The second-order valence-corrected chi connectivity index (χ2v) is 8.94. The highest BCUT2D eigenvalue weighted by molar-refractivity contribution is 7.89. The average molecular weight is 403 g/mol. The molecule has 28 heavy (non-hydrogen) atoms. The molecule has 2 aromatic rings. The molecular formula is C21H26N2O4S. The van der Waals surface area contributed by atoms with E-state index in [-0.39, 0.29) is 10.8 Å². The highest BCUT2D eigenvalue weighted by Crippen LogP contribution is 2.25. The monoisotopic (exact) mass is 402 g/mol. The molecule has 1 heterocycles. The molecule has 7 heteroatoms. The molecule has 150 valence electrons. The normalized spacial score (nSPS) is 16.4. The summed E-state index contributed by atoms with van der Waals surface area (Å²) in [4.78, 5) is 12.7. The van der Waals surface area contributed by atoms with Gasteiger partial charge in [0.1, 0.15) is 5.75 Å². The first-order valence-corrected chi connectivity index (χ1v) is 11.0. The first kappa shape index (κ1) is 20.4. The van der Waals surface area contributed by atoms with Crippen molar-refractivity contribution in [1.29, 1.82) is 0 Å². The molecule has 0 bridgehead atoms. The number of rotatable bonds is 6. The summed E-state index contributed by atoms with van der Waals surface area (Å²) in [5, 5.41) is 2.80. The predicted octanol–water partition coefficient (Wildman–Crippen LogP) is 3.58.